The van der Waals surface area contributed by atoms with Crippen LogP contribution in [0.5, 0.6) is 0 Å². The van der Waals surface area contributed by atoms with E-state index in [1.165, 1.54) is 12.1 Å². The lowest BCUT2D eigenvalue weighted by molar-refractivity contribution is 0.563. The molecule has 20 heavy (non-hydrogen) atoms. The summed E-state index contributed by atoms with van der Waals surface area (Å²) < 4.78 is 15.1. The SMILES string of the molecule is CC(C)(C)c1[nH]c(-c2ccc(F)cc2Br)nc(=S)c1Br. The maximum absolute atomic E-state index is 13.2. The van der Waals surface area contributed by atoms with E-state index < -0.39 is 0 Å². The molecule has 1 aromatic carbocycles. The van der Waals surface area contributed by atoms with Crippen LogP contribution in [0.3, 0.4) is 0 Å². The summed E-state index contributed by atoms with van der Waals surface area (Å²) in [5, 5.41) is 0. The molecule has 2 rings (SSSR count). The highest BCUT2D eigenvalue weighted by molar-refractivity contribution is 9.11. The van der Waals surface area contributed by atoms with Crippen molar-refractivity contribution < 1.29 is 4.39 Å². The van der Waals surface area contributed by atoms with Crippen LogP contribution in [0.15, 0.2) is 27.1 Å². The number of aromatic nitrogens is 2. The topological polar surface area (TPSA) is 28.7 Å². The zero-order valence-corrected chi connectivity index (χ0v) is 15.2. The molecule has 0 saturated carbocycles. The van der Waals surface area contributed by atoms with Crippen LogP contribution >= 0.6 is 44.1 Å². The maximum Gasteiger partial charge on any atom is 0.144 e. The van der Waals surface area contributed by atoms with Gasteiger partial charge in [-0.25, -0.2) is 9.37 Å². The molecule has 2 nitrogen and oxygen atoms in total. The van der Waals surface area contributed by atoms with E-state index in [2.05, 4.69) is 62.6 Å². The molecule has 6 heteroatoms. The molecule has 1 aromatic heterocycles. The van der Waals surface area contributed by atoms with E-state index in [1.54, 1.807) is 6.07 Å². The molecule has 1 heterocycles. The molecule has 0 amide bonds. The van der Waals surface area contributed by atoms with Gasteiger partial charge in [-0.1, -0.05) is 33.0 Å². The van der Waals surface area contributed by atoms with Gasteiger partial charge in [-0.05, 0) is 50.1 Å². The van der Waals surface area contributed by atoms with Crippen LogP contribution in [0.1, 0.15) is 26.5 Å². The monoisotopic (exact) mass is 418 g/mol. The van der Waals surface area contributed by atoms with Gasteiger partial charge in [0.25, 0.3) is 0 Å². The standard InChI is InChI=1S/C14H13Br2FN2S/c1-14(2,3)11-10(16)13(20)19-12(18-11)8-5-4-7(17)6-9(8)15/h4-6H,1-3H3,(H,18,19,20). The van der Waals surface area contributed by atoms with Crippen molar-refractivity contribution in [3.8, 4) is 11.4 Å². The molecule has 0 radical (unpaired) electrons. The summed E-state index contributed by atoms with van der Waals surface area (Å²) in [5.74, 6) is 0.322. The number of nitrogens with zero attached hydrogens (tertiary/aromatic N) is 1. The number of halogens is 3. The highest BCUT2D eigenvalue weighted by atomic mass is 79.9. The first-order chi connectivity index (χ1) is 9.20. The molecule has 1 N–H and O–H groups in total. The van der Waals surface area contributed by atoms with Crippen molar-refractivity contribution in [2.45, 2.75) is 26.2 Å². The van der Waals surface area contributed by atoms with Crippen LogP contribution in [0.25, 0.3) is 11.4 Å². The summed E-state index contributed by atoms with van der Waals surface area (Å²) in [6, 6.07) is 4.48. The van der Waals surface area contributed by atoms with Gasteiger partial charge >= 0.3 is 0 Å². The van der Waals surface area contributed by atoms with E-state index in [1.807, 2.05) is 0 Å². The normalized spacial score (nSPS) is 11.7. The molecule has 2 aromatic rings. The Labute approximate surface area is 139 Å². The van der Waals surface area contributed by atoms with Gasteiger partial charge in [-0.15, -0.1) is 0 Å². The number of hydrogen-bond acceptors (Lipinski definition) is 2. The van der Waals surface area contributed by atoms with Gasteiger partial charge < -0.3 is 4.98 Å². The van der Waals surface area contributed by atoms with Crippen molar-refractivity contribution in [1.82, 2.24) is 9.97 Å². The third kappa shape index (κ3) is 3.18. The van der Waals surface area contributed by atoms with Gasteiger partial charge in [-0.3, -0.25) is 0 Å². The van der Waals surface area contributed by atoms with Crippen molar-refractivity contribution in [3.63, 3.8) is 0 Å². The molecule has 0 spiro atoms. The molecule has 0 aliphatic rings. The summed E-state index contributed by atoms with van der Waals surface area (Å²) in [7, 11) is 0. The van der Waals surface area contributed by atoms with Crippen molar-refractivity contribution in [2.75, 3.05) is 0 Å². The van der Waals surface area contributed by atoms with E-state index >= 15 is 0 Å². The minimum absolute atomic E-state index is 0.114. The number of nitrogens with one attached hydrogen (secondary N) is 1. The first-order valence-electron chi connectivity index (χ1n) is 5.96. The highest BCUT2D eigenvalue weighted by Crippen LogP contribution is 2.32. The van der Waals surface area contributed by atoms with E-state index in [9.17, 15) is 4.39 Å². The van der Waals surface area contributed by atoms with Gasteiger partial charge in [0.1, 0.15) is 16.3 Å². The van der Waals surface area contributed by atoms with Crippen LogP contribution in [-0.4, -0.2) is 9.97 Å². The summed E-state index contributed by atoms with van der Waals surface area (Å²) in [6.45, 7) is 6.26. The minimum atomic E-state index is -0.299. The molecule has 0 aliphatic heterocycles. The third-order valence-electron chi connectivity index (χ3n) is 2.80. The van der Waals surface area contributed by atoms with Crippen molar-refractivity contribution >= 4 is 44.1 Å². The van der Waals surface area contributed by atoms with Crippen LogP contribution in [-0.2, 0) is 5.41 Å². The predicted molar refractivity (Wildman–Crippen MR) is 88.9 cm³/mol. The molecule has 0 saturated heterocycles. The highest BCUT2D eigenvalue weighted by Gasteiger charge is 2.21. The molecule has 0 atom stereocenters. The zero-order valence-electron chi connectivity index (χ0n) is 11.2. The van der Waals surface area contributed by atoms with E-state index in [4.69, 9.17) is 12.2 Å². The molecular weight excluding hydrogens is 407 g/mol. The largest absolute Gasteiger partial charge is 0.342 e. The lowest BCUT2D eigenvalue weighted by Gasteiger charge is -2.21. The molecule has 0 aliphatic carbocycles. The third-order valence-corrected chi connectivity index (χ3v) is 4.79. The molecule has 106 valence electrons. The summed E-state index contributed by atoms with van der Waals surface area (Å²) in [6.07, 6.45) is 0. The van der Waals surface area contributed by atoms with Crippen LogP contribution in [0.2, 0.25) is 0 Å². The smallest absolute Gasteiger partial charge is 0.144 e. The zero-order chi connectivity index (χ0) is 15.1. The molecule has 0 unspecified atom stereocenters. The quantitative estimate of drug-likeness (QED) is 0.594. The first-order valence-corrected chi connectivity index (χ1v) is 7.95. The summed E-state index contributed by atoms with van der Waals surface area (Å²) in [5.41, 5.74) is 1.62. The first kappa shape index (κ1) is 15.8. The van der Waals surface area contributed by atoms with E-state index in [0.29, 0.717) is 14.9 Å². The predicted octanol–water partition coefficient (Wildman–Crippen LogP) is 5.77. The number of rotatable bonds is 1. The lowest BCUT2D eigenvalue weighted by atomic mass is 9.92. The Hall–Kier alpha value is -0.590. The van der Waals surface area contributed by atoms with Crippen LogP contribution in [0, 0.1) is 10.5 Å². The number of H-pyrrole nitrogens is 1. The van der Waals surface area contributed by atoms with E-state index in [-0.39, 0.29) is 11.2 Å². The fourth-order valence-corrected chi connectivity index (χ4v) is 3.30. The van der Waals surface area contributed by atoms with Gasteiger partial charge in [-0.2, -0.15) is 0 Å². The van der Waals surface area contributed by atoms with Crippen molar-refractivity contribution in [1.29, 1.82) is 0 Å². The maximum atomic E-state index is 13.2. The number of benzene rings is 1. The minimum Gasteiger partial charge on any atom is -0.342 e. The van der Waals surface area contributed by atoms with Crippen LogP contribution in [0.4, 0.5) is 4.39 Å². The van der Waals surface area contributed by atoms with Gasteiger partial charge in [0, 0.05) is 21.1 Å². The second kappa shape index (κ2) is 5.66. The second-order valence-corrected chi connectivity index (χ2v) is 7.49. The Balaban J connectivity index is 2.70. The average molecular weight is 420 g/mol. The second-order valence-electron chi connectivity index (χ2n) is 5.45. The average Bonchev–Trinajstić information content (AvgIpc) is 2.31. The lowest BCUT2D eigenvalue weighted by Crippen LogP contribution is -2.16. The van der Waals surface area contributed by atoms with Gasteiger partial charge in [0.05, 0.1) is 4.47 Å². The fraction of sp³-hybridized carbons (Fsp3) is 0.286. The molecular formula is C14H13Br2FN2S. The number of aromatic amines is 1. The van der Waals surface area contributed by atoms with E-state index in [0.717, 1.165) is 15.7 Å². The summed E-state index contributed by atoms with van der Waals surface area (Å²) >= 11 is 12.1. The van der Waals surface area contributed by atoms with Crippen LogP contribution < -0.4 is 0 Å². The Morgan fingerprint density at radius 2 is 1.90 bits per heavy atom. The van der Waals surface area contributed by atoms with Gasteiger partial charge in [0.15, 0.2) is 0 Å². The van der Waals surface area contributed by atoms with Crippen molar-refractivity contribution in [2.24, 2.45) is 0 Å². The molecule has 0 bridgehead atoms. The number of hydrogen-bond donors (Lipinski definition) is 1. The van der Waals surface area contributed by atoms with Crippen molar-refractivity contribution in [3.05, 3.63) is 43.3 Å². The van der Waals surface area contributed by atoms with Gasteiger partial charge in [0.2, 0.25) is 0 Å². The summed E-state index contributed by atoms with van der Waals surface area (Å²) in [4.78, 5) is 7.66. The Bertz CT molecular complexity index is 720. The Morgan fingerprint density at radius 3 is 2.45 bits per heavy atom. The fourth-order valence-electron chi connectivity index (χ4n) is 1.78. The molecule has 0 fully saturated rings. The Kier molecular flexibility index (Phi) is 4.47. The Morgan fingerprint density at radius 1 is 1.25 bits per heavy atom.